The second kappa shape index (κ2) is 7.38. The van der Waals surface area contributed by atoms with Crippen molar-refractivity contribution in [2.45, 2.75) is 31.7 Å². The quantitative estimate of drug-likeness (QED) is 0.524. The zero-order valence-corrected chi connectivity index (χ0v) is 14.0. The highest BCUT2D eigenvalue weighted by Crippen LogP contribution is 2.48. The zero-order chi connectivity index (χ0) is 17.0. The van der Waals surface area contributed by atoms with E-state index in [1.54, 1.807) is 6.08 Å². The predicted octanol–water partition coefficient (Wildman–Crippen LogP) is 1.65. The molecule has 3 aliphatic rings. The Hall–Kier alpha value is -1.50. The lowest BCUT2D eigenvalue weighted by atomic mass is 9.65. The molecule has 128 valence electrons. The Labute approximate surface area is 136 Å². The Morgan fingerprint density at radius 1 is 1.35 bits per heavy atom. The van der Waals surface area contributed by atoms with Gasteiger partial charge in [0, 0.05) is 26.7 Å². The normalized spacial score (nSPS) is 29.0. The smallest absolute Gasteiger partial charge is 0.309 e. The van der Waals surface area contributed by atoms with Crippen molar-refractivity contribution in [3.63, 3.8) is 0 Å². The number of ketones is 1. The summed E-state index contributed by atoms with van der Waals surface area (Å²) in [5.41, 5.74) is 0.929. The van der Waals surface area contributed by atoms with Gasteiger partial charge < -0.3 is 18.9 Å². The van der Waals surface area contributed by atoms with Gasteiger partial charge in [0.2, 0.25) is 11.6 Å². The molecular weight excluding hydrogens is 300 g/mol. The number of Topliss-reactive ketones (excluding diaryl/α,β-unsaturated/α-hetero) is 1. The van der Waals surface area contributed by atoms with E-state index in [4.69, 9.17) is 14.2 Å². The van der Waals surface area contributed by atoms with Crippen LogP contribution in [0.4, 0.5) is 0 Å². The molecule has 1 saturated carbocycles. The zero-order valence-electron chi connectivity index (χ0n) is 14.0. The SMILES string of the molecule is CCOC1CC2C(/C=C/CC(=O)OC)=CC1C(=O)C2(OC)OC. The van der Waals surface area contributed by atoms with Gasteiger partial charge in [0.1, 0.15) is 0 Å². The molecule has 3 atom stereocenters. The lowest BCUT2D eigenvalue weighted by Gasteiger charge is -2.49. The fourth-order valence-electron chi connectivity index (χ4n) is 3.47. The monoisotopic (exact) mass is 324 g/mol. The van der Waals surface area contributed by atoms with Crippen LogP contribution in [0.15, 0.2) is 23.8 Å². The highest BCUT2D eigenvalue weighted by atomic mass is 16.7. The number of methoxy groups -OCH3 is 3. The van der Waals surface area contributed by atoms with Gasteiger partial charge in [-0.25, -0.2) is 0 Å². The van der Waals surface area contributed by atoms with Crippen molar-refractivity contribution < 1.29 is 28.5 Å². The van der Waals surface area contributed by atoms with Gasteiger partial charge in [0.15, 0.2) is 0 Å². The van der Waals surface area contributed by atoms with Crippen molar-refractivity contribution in [3.05, 3.63) is 23.8 Å². The molecule has 0 saturated heterocycles. The molecule has 0 aromatic carbocycles. The third kappa shape index (κ3) is 3.11. The molecule has 0 aromatic rings. The van der Waals surface area contributed by atoms with Crippen LogP contribution in [0.3, 0.4) is 0 Å². The van der Waals surface area contributed by atoms with Crippen LogP contribution in [0.2, 0.25) is 0 Å². The molecule has 0 aromatic heterocycles. The molecule has 0 aliphatic heterocycles. The van der Waals surface area contributed by atoms with Gasteiger partial charge in [0.25, 0.3) is 0 Å². The van der Waals surface area contributed by atoms with Gasteiger partial charge in [-0.05, 0) is 18.9 Å². The van der Waals surface area contributed by atoms with Crippen molar-refractivity contribution in [2.24, 2.45) is 11.8 Å². The largest absolute Gasteiger partial charge is 0.469 e. The molecule has 3 unspecified atom stereocenters. The first kappa shape index (κ1) is 17.8. The predicted molar refractivity (Wildman–Crippen MR) is 82.6 cm³/mol. The van der Waals surface area contributed by atoms with Gasteiger partial charge in [-0.2, -0.15) is 0 Å². The number of ether oxygens (including phenoxy) is 4. The summed E-state index contributed by atoms with van der Waals surface area (Å²) >= 11 is 0. The molecule has 6 nitrogen and oxygen atoms in total. The lowest BCUT2D eigenvalue weighted by molar-refractivity contribution is -0.246. The van der Waals surface area contributed by atoms with Crippen LogP contribution in [-0.2, 0) is 28.5 Å². The highest BCUT2D eigenvalue weighted by Gasteiger charge is 2.59. The summed E-state index contributed by atoms with van der Waals surface area (Å²) in [6.07, 6.45) is 6.14. The van der Waals surface area contributed by atoms with E-state index >= 15 is 0 Å². The van der Waals surface area contributed by atoms with E-state index in [0.717, 1.165) is 5.57 Å². The van der Waals surface area contributed by atoms with E-state index < -0.39 is 11.7 Å². The maximum atomic E-state index is 12.8. The lowest BCUT2D eigenvalue weighted by Crippen LogP contribution is -2.62. The summed E-state index contributed by atoms with van der Waals surface area (Å²) < 4.78 is 21.3. The van der Waals surface area contributed by atoms with E-state index in [9.17, 15) is 9.59 Å². The Bertz CT molecular complexity index is 517. The summed E-state index contributed by atoms with van der Waals surface area (Å²) in [7, 11) is 4.31. The van der Waals surface area contributed by atoms with Gasteiger partial charge in [-0.15, -0.1) is 0 Å². The Balaban J connectivity index is 2.29. The number of hydrogen-bond donors (Lipinski definition) is 0. The van der Waals surface area contributed by atoms with Crippen LogP contribution in [0, 0.1) is 11.8 Å². The average Bonchev–Trinajstić information content (AvgIpc) is 2.57. The van der Waals surface area contributed by atoms with Crippen LogP contribution in [-0.4, -0.2) is 51.6 Å². The average molecular weight is 324 g/mol. The molecular formula is C17H24O6. The molecule has 0 radical (unpaired) electrons. The number of allylic oxidation sites excluding steroid dienone is 1. The Kier molecular flexibility index (Phi) is 5.73. The summed E-state index contributed by atoms with van der Waals surface area (Å²) in [5, 5.41) is 0. The van der Waals surface area contributed by atoms with Gasteiger partial charge >= 0.3 is 5.97 Å². The minimum Gasteiger partial charge on any atom is -0.469 e. The third-order valence-electron chi connectivity index (χ3n) is 4.56. The van der Waals surface area contributed by atoms with E-state index in [1.807, 2.05) is 19.1 Å². The molecule has 3 rings (SSSR count). The fourth-order valence-corrected chi connectivity index (χ4v) is 3.47. The Morgan fingerprint density at radius 3 is 2.61 bits per heavy atom. The standard InChI is InChI=1S/C17H24O6/c1-5-23-14-10-13-11(7-6-8-15(18)20-2)9-12(14)16(19)17(13,21-3)22-4/h6-7,9,12-14H,5,8,10H2,1-4H3/b7-6+. The second-order valence-electron chi connectivity index (χ2n) is 5.60. The van der Waals surface area contributed by atoms with E-state index in [1.165, 1.54) is 21.3 Å². The molecule has 0 heterocycles. The molecule has 0 spiro atoms. The highest BCUT2D eigenvalue weighted by molar-refractivity contribution is 5.93. The first-order chi connectivity index (χ1) is 11.0. The van der Waals surface area contributed by atoms with Crippen LogP contribution in [0.1, 0.15) is 19.8 Å². The Morgan fingerprint density at radius 2 is 2.04 bits per heavy atom. The maximum Gasteiger partial charge on any atom is 0.309 e. The molecule has 0 N–H and O–H groups in total. The van der Waals surface area contributed by atoms with Crippen molar-refractivity contribution in [3.8, 4) is 0 Å². The van der Waals surface area contributed by atoms with E-state index in [2.05, 4.69) is 4.74 Å². The van der Waals surface area contributed by atoms with Gasteiger partial charge in [-0.3, -0.25) is 9.59 Å². The van der Waals surface area contributed by atoms with Crippen molar-refractivity contribution >= 4 is 11.8 Å². The summed E-state index contributed by atoms with van der Waals surface area (Å²) in [5.74, 6) is -2.37. The van der Waals surface area contributed by atoms with Gasteiger partial charge in [-0.1, -0.05) is 18.2 Å². The number of carbonyl (C=O) groups excluding carboxylic acids is 2. The van der Waals surface area contributed by atoms with Crippen molar-refractivity contribution in [2.75, 3.05) is 27.9 Å². The van der Waals surface area contributed by atoms with Gasteiger partial charge in [0.05, 0.1) is 25.6 Å². The van der Waals surface area contributed by atoms with Crippen LogP contribution >= 0.6 is 0 Å². The second-order valence-corrected chi connectivity index (χ2v) is 5.60. The molecule has 0 amide bonds. The summed E-state index contributed by atoms with van der Waals surface area (Å²) in [6.45, 7) is 2.46. The third-order valence-corrected chi connectivity index (χ3v) is 4.56. The molecule has 2 bridgehead atoms. The fraction of sp³-hybridized carbons (Fsp3) is 0.647. The maximum absolute atomic E-state index is 12.8. The topological polar surface area (TPSA) is 71.1 Å². The summed E-state index contributed by atoms with van der Waals surface area (Å²) in [6, 6.07) is 0. The van der Waals surface area contributed by atoms with Crippen molar-refractivity contribution in [1.29, 1.82) is 0 Å². The van der Waals surface area contributed by atoms with E-state index in [0.29, 0.717) is 13.0 Å². The minimum atomic E-state index is -1.28. The first-order valence-corrected chi connectivity index (χ1v) is 7.75. The van der Waals surface area contributed by atoms with Crippen LogP contribution < -0.4 is 0 Å². The number of rotatable bonds is 7. The van der Waals surface area contributed by atoms with Crippen LogP contribution in [0.5, 0.6) is 0 Å². The molecule has 1 fully saturated rings. The number of hydrogen-bond acceptors (Lipinski definition) is 6. The number of fused-ring (bicyclic) bond motifs is 2. The number of carbonyl (C=O) groups is 2. The number of esters is 1. The first-order valence-electron chi connectivity index (χ1n) is 7.75. The van der Waals surface area contributed by atoms with Crippen LogP contribution in [0.25, 0.3) is 0 Å². The molecule has 3 aliphatic carbocycles. The molecule has 6 heteroatoms. The molecule has 23 heavy (non-hydrogen) atoms. The summed E-state index contributed by atoms with van der Waals surface area (Å²) in [4.78, 5) is 24.0. The van der Waals surface area contributed by atoms with Crippen molar-refractivity contribution in [1.82, 2.24) is 0 Å². The van der Waals surface area contributed by atoms with E-state index in [-0.39, 0.29) is 30.2 Å². The minimum absolute atomic E-state index is 0.109.